The van der Waals surface area contributed by atoms with Crippen molar-refractivity contribution in [2.75, 3.05) is 13.7 Å². The Bertz CT molecular complexity index is 1100. The summed E-state index contributed by atoms with van der Waals surface area (Å²) in [5.74, 6) is 0.678. The lowest BCUT2D eigenvalue weighted by molar-refractivity contribution is -0.137. The highest BCUT2D eigenvalue weighted by Gasteiger charge is 2.36. The van der Waals surface area contributed by atoms with Crippen LogP contribution in [0.2, 0.25) is 0 Å². The Hall–Kier alpha value is -2.96. The van der Waals surface area contributed by atoms with Gasteiger partial charge in [0.15, 0.2) is 0 Å². The number of fused-ring (bicyclic) bond motifs is 3. The summed E-state index contributed by atoms with van der Waals surface area (Å²) in [4.78, 5) is 18.1. The van der Waals surface area contributed by atoms with Gasteiger partial charge in [-0.25, -0.2) is 0 Å². The number of alkyl halides is 3. The van der Waals surface area contributed by atoms with Gasteiger partial charge in [0.1, 0.15) is 5.75 Å². The second-order valence-corrected chi connectivity index (χ2v) is 7.90. The standard InChI is InChI=1S/C24H25F3N2O2/c1-3-4-8-21(30)29-12-11-18-19-14-17(31-2)9-10-20(19)28-22(18)23(29)15-6-5-7-16(13-15)24(25,26)27/h5-7,9-10,13-14,23,28H,3-4,8,11-12H2,1-2H3/t23-/m1/s1. The Kier molecular flexibility index (Phi) is 5.69. The number of methoxy groups -OCH3 is 1. The van der Waals surface area contributed by atoms with Crippen molar-refractivity contribution < 1.29 is 22.7 Å². The van der Waals surface area contributed by atoms with E-state index in [1.807, 2.05) is 25.1 Å². The summed E-state index contributed by atoms with van der Waals surface area (Å²) in [7, 11) is 1.60. The normalized spacial score (nSPS) is 16.4. The van der Waals surface area contributed by atoms with Gasteiger partial charge in [0.25, 0.3) is 0 Å². The van der Waals surface area contributed by atoms with Gasteiger partial charge in [-0.15, -0.1) is 0 Å². The van der Waals surface area contributed by atoms with E-state index in [-0.39, 0.29) is 5.91 Å². The van der Waals surface area contributed by atoms with Crippen LogP contribution < -0.4 is 4.74 Å². The van der Waals surface area contributed by atoms with Crippen LogP contribution in [0, 0.1) is 0 Å². The summed E-state index contributed by atoms with van der Waals surface area (Å²) < 4.78 is 45.6. The summed E-state index contributed by atoms with van der Waals surface area (Å²) in [6.45, 7) is 2.47. The molecule has 4 nitrogen and oxygen atoms in total. The number of aromatic amines is 1. The van der Waals surface area contributed by atoms with Crippen LogP contribution in [0.4, 0.5) is 13.2 Å². The first-order chi connectivity index (χ1) is 14.8. The van der Waals surface area contributed by atoms with Gasteiger partial charge in [0.2, 0.25) is 5.91 Å². The molecule has 164 valence electrons. The first-order valence-electron chi connectivity index (χ1n) is 10.5. The van der Waals surface area contributed by atoms with Crippen molar-refractivity contribution in [3.63, 3.8) is 0 Å². The van der Waals surface area contributed by atoms with Gasteiger partial charge in [-0.1, -0.05) is 25.5 Å². The predicted octanol–water partition coefficient (Wildman–Crippen LogP) is 5.86. The van der Waals surface area contributed by atoms with E-state index in [0.717, 1.165) is 47.1 Å². The van der Waals surface area contributed by atoms with Crippen molar-refractivity contribution in [3.05, 3.63) is 64.8 Å². The maximum Gasteiger partial charge on any atom is 0.416 e. The fraction of sp³-hybridized carbons (Fsp3) is 0.375. The fourth-order valence-corrected chi connectivity index (χ4v) is 4.37. The monoisotopic (exact) mass is 430 g/mol. The van der Waals surface area contributed by atoms with E-state index in [1.165, 1.54) is 6.07 Å². The van der Waals surface area contributed by atoms with Crippen LogP contribution in [0.3, 0.4) is 0 Å². The summed E-state index contributed by atoms with van der Waals surface area (Å²) in [6, 6.07) is 10.4. The minimum atomic E-state index is -4.45. The van der Waals surface area contributed by atoms with E-state index in [0.29, 0.717) is 30.7 Å². The van der Waals surface area contributed by atoms with Gasteiger partial charge in [0.05, 0.1) is 18.7 Å². The number of ether oxygens (including phenoxy) is 1. The highest BCUT2D eigenvalue weighted by Crippen LogP contribution is 2.41. The maximum atomic E-state index is 13.4. The Morgan fingerprint density at radius 3 is 2.74 bits per heavy atom. The first-order valence-corrected chi connectivity index (χ1v) is 10.5. The summed E-state index contributed by atoms with van der Waals surface area (Å²) in [6.07, 6.45) is -1.80. The van der Waals surface area contributed by atoms with E-state index in [1.54, 1.807) is 18.1 Å². The average molecular weight is 430 g/mol. The highest BCUT2D eigenvalue weighted by atomic mass is 19.4. The minimum absolute atomic E-state index is 0.0360. The Morgan fingerprint density at radius 2 is 2.03 bits per heavy atom. The second-order valence-electron chi connectivity index (χ2n) is 7.90. The maximum absolute atomic E-state index is 13.4. The molecule has 1 aromatic heterocycles. The highest BCUT2D eigenvalue weighted by molar-refractivity contribution is 5.88. The molecule has 7 heteroatoms. The van der Waals surface area contributed by atoms with Crippen molar-refractivity contribution in [2.45, 2.75) is 44.8 Å². The molecule has 3 aromatic rings. The molecule has 0 spiro atoms. The molecule has 0 fully saturated rings. The third-order valence-corrected chi connectivity index (χ3v) is 5.93. The molecule has 2 heterocycles. The van der Waals surface area contributed by atoms with E-state index in [9.17, 15) is 18.0 Å². The number of rotatable bonds is 5. The van der Waals surface area contributed by atoms with Crippen LogP contribution in [0.5, 0.6) is 5.75 Å². The number of hydrogen-bond acceptors (Lipinski definition) is 2. The number of aromatic nitrogens is 1. The number of benzene rings is 2. The second kappa shape index (κ2) is 8.29. The lowest BCUT2D eigenvalue weighted by atomic mass is 9.91. The fourth-order valence-electron chi connectivity index (χ4n) is 4.37. The molecule has 1 aliphatic rings. The molecule has 0 unspecified atom stereocenters. The molecule has 0 bridgehead atoms. The molecule has 2 aromatic carbocycles. The zero-order valence-corrected chi connectivity index (χ0v) is 17.6. The van der Waals surface area contributed by atoms with E-state index in [2.05, 4.69) is 4.98 Å². The molecule has 31 heavy (non-hydrogen) atoms. The Labute approximate surface area is 179 Å². The molecule has 1 aliphatic heterocycles. The van der Waals surface area contributed by atoms with Crippen LogP contribution >= 0.6 is 0 Å². The SMILES string of the molecule is CCCCC(=O)N1CCc2c([nH]c3ccc(OC)cc23)[C@H]1c1cccc(C(F)(F)F)c1. The summed E-state index contributed by atoms with van der Waals surface area (Å²) in [5.41, 5.74) is 2.43. The molecule has 4 rings (SSSR count). The zero-order valence-electron chi connectivity index (χ0n) is 17.6. The third kappa shape index (κ3) is 4.01. The van der Waals surface area contributed by atoms with Crippen molar-refractivity contribution in [1.29, 1.82) is 0 Å². The number of amides is 1. The Balaban J connectivity index is 1.86. The molecular weight excluding hydrogens is 405 g/mol. The molecule has 1 N–H and O–H groups in total. The molecular formula is C24H25F3N2O2. The van der Waals surface area contributed by atoms with E-state index < -0.39 is 17.8 Å². The van der Waals surface area contributed by atoms with Gasteiger partial charge in [0, 0.05) is 29.6 Å². The number of H-pyrrole nitrogens is 1. The number of halogens is 3. The van der Waals surface area contributed by atoms with Crippen molar-refractivity contribution in [1.82, 2.24) is 9.88 Å². The predicted molar refractivity (Wildman–Crippen MR) is 113 cm³/mol. The summed E-state index contributed by atoms with van der Waals surface area (Å²) in [5, 5.41) is 0.979. The largest absolute Gasteiger partial charge is 0.497 e. The lowest BCUT2D eigenvalue weighted by Gasteiger charge is -2.36. The van der Waals surface area contributed by atoms with Gasteiger partial charge in [-0.3, -0.25) is 4.79 Å². The molecule has 0 radical (unpaired) electrons. The average Bonchev–Trinajstić information content (AvgIpc) is 3.14. The number of nitrogens with zero attached hydrogens (tertiary/aromatic N) is 1. The lowest BCUT2D eigenvalue weighted by Crippen LogP contribution is -2.40. The van der Waals surface area contributed by atoms with Gasteiger partial charge in [-0.2, -0.15) is 13.2 Å². The van der Waals surface area contributed by atoms with Crippen LogP contribution in [-0.2, 0) is 17.4 Å². The van der Waals surface area contributed by atoms with Crippen molar-refractivity contribution in [3.8, 4) is 5.75 Å². The smallest absolute Gasteiger partial charge is 0.416 e. The number of carbonyl (C=O) groups is 1. The minimum Gasteiger partial charge on any atom is -0.497 e. The molecule has 0 aliphatic carbocycles. The molecule has 1 atom stereocenters. The van der Waals surface area contributed by atoms with Gasteiger partial charge >= 0.3 is 6.18 Å². The van der Waals surface area contributed by atoms with Crippen LogP contribution in [0.15, 0.2) is 42.5 Å². The number of unbranched alkanes of at least 4 members (excludes halogenated alkanes) is 1. The molecule has 0 saturated carbocycles. The first kappa shape index (κ1) is 21.3. The zero-order chi connectivity index (χ0) is 22.2. The van der Waals surface area contributed by atoms with Crippen molar-refractivity contribution in [2.24, 2.45) is 0 Å². The number of carbonyl (C=O) groups excluding carboxylic acids is 1. The van der Waals surface area contributed by atoms with Crippen LogP contribution in [0.1, 0.15) is 54.6 Å². The van der Waals surface area contributed by atoms with Crippen molar-refractivity contribution >= 4 is 16.8 Å². The third-order valence-electron chi connectivity index (χ3n) is 5.93. The molecule has 0 saturated heterocycles. The van der Waals surface area contributed by atoms with Gasteiger partial charge < -0.3 is 14.6 Å². The van der Waals surface area contributed by atoms with E-state index >= 15 is 0 Å². The summed E-state index contributed by atoms with van der Waals surface area (Å²) >= 11 is 0. The molecule has 1 amide bonds. The van der Waals surface area contributed by atoms with Crippen LogP contribution in [-0.4, -0.2) is 29.4 Å². The topological polar surface area (TPSA) is 45.3 Å². The van der Waals surface area contributed by atoms with E-state index in [4.69, 9.17) is 4.74 Å². The quantitative estimate of drug-likeness (QED) is 0.551. The Morgan fingerprint density at radius 1 is 1.23 bits per heavy atom. The van der Waals surface area contributed by atoms with Gasteiger partial charge in [-0.05, 0) is 54.3 Å². The number of hydrogen-bond donors (Lipinski definition) is 1. The number of nitrogens with one attached hydrogen (secondary N) is 1. The van der Waals surface area contributed by atoms with Crippen LogP contribution in [0.25, 0.3) is 10.9 Å².